The zero-order valence-corrected chi connectivity index (χ0v) is 14.7. The number of hydrogen-bond acceptors (Lipinski definition) is 5. The van der Waals surface area contributed by atoms with Crippen LogP contribution in [0.15, 0.2) is 33.8 Å². The third-order valence-electron chi connectivity index (χ3n) is 3.33. The van der Waals surface area contributed by atoms with E-state index in [0.29, 0.717) is 17.4 Å². The van der Waals surface area contributed by atoms with E-state index in [1.54, 1.807) is 32.5 Å². The van der Waals surface area contributed by atoms with Crippen LogP contribution >= 0.6 is 0 Å². The first-order valence-electron chi connectivity index (χ1n) is 7.57. The Bertz CT molecular complexity index is 717. The maximum atomic E-state index is 5.91. The molecule has 0 unspecified atom stereocenters. The molecule has 2 rings (SSSR count). The van der Waals surface area contributed by atoms with Gasteiger partial charge in [-0.05, 0) is 12.1 Å². The summed E-state index contributed by atoms with van der Waals surface area (Å²) in [6, 6.07) is 5.40. The molecule has 0 saturated heterocycles. The molecule has 0 aliphatic carbocycles. The number of methoxy groups -OCH3 is 2. The number of aliphatic imine (C=N–C) groups is 1. The topological polar surface area (TPSA) is 94.9 Å². The summed E-state index contributed by atoms with van der Waals surface area (Å²) < 4.78 is 16.1. The molecule has 24 heavy (non-hydrogen) atoms. The number of nitrogens with one attached hydrogen (secondary N) is 1. The second-order valence-corrected chi connectivity index (χ2v) is 6.26. The SMILES string of the molecule is COc1ccc(NC(N)=NCc2ncc(C(C)(C)C)o2)cc1OC. The van der Waals surface area contributed by atoms with Crippen LogP contribution in [0.3, 0.4) is 0 Å². The van der Waals surface area contributed by atoms with E-state index < -0.39 is 0 Å². The van der Waals surface area contributed by atoms with Crippen LogP contribution in [0.25, 0.3) is 0 Å². The van der Waals surface area contributed by atoms with Crippen LogP contribution in [-0.4, -0.2) is 25.2 Å². The van der Waals surface area contributed by atoms with Crippen molar-refractivity contribution in [2.75, 3.05) is 19.5 Å². The van der Waals surface area contributed by atoms with E-state index in [1.807, 2.05) is 6.07 Å². The Labute approximate surface area is 141 Å². The first-order chi connectivity index (χ1) is 11.3. The van der Waals surface area contributed by atoms with Crippen molar-refractivity contribution in [3.8, 4) is 11.5 Å². The minimum atomic E-state index is -0.0849. The van der Waals surface area contributed by atoms with Crippen molar-refractivity contribution >= 4 is 11.6 Å². The lowest BCUT2D eigenvalue weighted by Gasteiger charge is -2.13. The highest BCUT2D eigenvalue weighted by Crippen LogP contribution is 2.29. The summed E-state index contributed by atoms with van der Waals surface area (Å²) in [7, 11) is 3.16. The molecule has 0 saturated carbocycles. The molecule has 130 valence electrons. The van der Waals surface area contributed by atoms with Crippen molar-refractivity contribution in [1.29, 1.82) is 0 Å². The van der Waals surface area contributed by atoms with E-state index in [0.717, 1.165) is 11.4 Å². The van der Waals surface area contributed by atoms with Crippen LogP contribution in [0, 0.1) is 0 Å². The Morgan fingerprint density at radius 3 is 2.54 bits per heavy atom. The van der Waals surface area contributed by atoms with Crippen LogP contribution in [0.5, 0.6) is 11.5 Å². The average Bonchev–Trinajstić information content (AvgIpc) is 3.02. The smallest absolute Gasteiger partial charge is 0.216 e. The van der Waals surface area contributed by atoms with E-state index in [2.05, 4.69) is 36.1 Å². The van der Waals surface area contributed by atoms with Gasteiger partial charge in [0, 0.05) is 17.2 Å². The molecule has 0 aliphatic rings. The molecule has 0 amide bonds. The minimum absolute atomic E-state index is 0.0849. The molecule has 1 heterocycles. The minimum Gasteiger partial charge on any atom is -0.493 e. The van der Waals surface area contributed by atoms with Gasteiger partial charge in [-0.1, -0.05) is 20.8 Å². The molecule has 1 aromatic carbocycles. The first-order valence-corrected chi connectivity index (χ1v) is 7.57. The highest BCUT2D eigenvalue weighted by atomic mass is 16.5. The fourth-order valence-electron chi connectivity index (χ4n) is 1.98. The normalized spacial score (nSPS) is 12.1. The maximum absolute atomic E-state index is 5.91. The van der Waals surface area contributed by atoms with Gasteiger partial charge in [-0.2, -0.15) is 0 Å². The fourth-order valence-corrected chi connectivity index (χ4v) is 1.98. The molecule has 0 fully saturated rings. The lowest BCUT2D eigenvalue weighted by atomic mass is 9.94. The molecule has 0 aliphatic heterocycles. The van der Waals surface area contributed by atoms with Crippen LogP contribution in [0.2, 0.25) is 0 Å². The highest BCUT2D eigenvalue weighted by molar-refractivity contribution is 5.92. The molecule has 0 radical (unpaired) electrons. The summed E-state index contributed by atoms with van der Waals surface area (Å²) >= 11 is 0. The largest absolute Gasteiger partial charge is 0.493 e. The van der Waals surface area contributed by atoms with E-state index in [1.165, 1.54) is 0 Å². The molecule has 0 spiro atoms. The van der Waals surface area contributed by atoms with Gasteiger partial charge in [0.25, 0.3) is 0 Å². The van der Waals surface area contributed by atoms with E-state index in [-0.39, 0.29) is 17.9 Å². The average molecular weight is 332 g/mol. The van der Waals surface area contributed by atoms with Crippen molar-refractivity contribution in [3.63, 3.8) is 0 Å². The molecule has 1 aromatic heterocycles. The monoisotopic (exact) mass is 332 g/mol. The molecule has 7 heteroatoms. The van der Waals surface area contributed by atoms with Crippen molar-refractivity contribution < 1.29 is 13.9 Å². The van der Waals surface area contributed by atoms with Gasteiger partial charge in [0.05, 0.1) is 20.4 Å². The number of aromatic nitrogens is 1. The Kier molecular flexibility index (Phi) is 5.33. The summed E-state index contributed by atoms with van der Waals surface area (Å²) in [4.78, 5) is 8.46. The molecule has 0 bridgehead atoms. The summed E-state index contributed by atoms with van der Waals surface area (Å²) in [6.45, 7) is 6.46. The van der Waals surface area contributed by atoms with Crippen molar-refractivity contribution in [1.82, 2.24) is 4.98 Å². The van der Waals surface area contributed by atoms with Gasteiger partial charge in [0.2, 0.25) is 5.89 Å². The Morgan fingerprint density at radius 2 is 1.96 bits per heavy atom. The van der Waals surface area contributed by atoms with E-state index >= 15 is 0 Å². The number of benzene rings is 1. The second-order valence-electron chi connectivity index (χ2n) is 6.26. The van der Waals surface area contributed by atoms with Gasteiger partial charge in [0.1, 0.15) is 12.3 Å². The van der Waals surface area contributed by atoms with Gasteiger partial charge in [-0.15, -0.1) is 0 Å². The molecular formula is C17H24N4O3. The van der Waals surface area contributed by atoms with E-state index in [4.69, 9.17) is 19.6 Å². The van der Waals surface area contributed by atoms with Gasteiger partial charge in [-0.25, -0.2) is 9.98 Å². The number of hydrogen-bond donors (Lipinski definition) is 2. The second kappa shape index (κ2) is 7.25. The number of nitrogens with zero attached hydrogens (tertiary/aromatic N) is 2. The summed E-state index contributed by atoms with van der Waals surface area (Å²) in [5.74, 6) is 2.86. The molecule has 2 aromatic rings. The Hall–Kier alpha value is -2.70. The number of guanidine groups is 1. The van der Waals surface area contributed by atoms with Crippen LogP contribution < -0.4 is 20.5 Å². The van der Waals surface area contributed by atoms with Crippen LogP contribution in [0.1, 0.15) is 32.4 Å². The summed E-state index contributed by atoms with van der Waals surface area (Å²) in [5, 5.41) is 3.00. The van der Waals surface area contributed by atoms with Gasteiger partial charge in [-0.3, -0.25) is 0 Å². The predicted molar refractivity (Wildman–Crippen MR) is 93.7 cm³/mol. The lowest BCUT2D eigenvalue weighted by Crippen LogP contribution is -2.22. The number of oxazole rings is 1. The summed E-state index contributed by atoms with van der Waals surface area (Å²) in [6.07, 6.45) is 1.73. The first kappa shape index (κ1) is 17.7. The number of anilines is 1. The molecular weight excluding hydrogens is 308 g/mol. The van der Waals surface area contributed by atoms with Crippen molar-refractivity contribution in [2.24, 2.45) is 10.7 Å². The zero-order valence-electron chi connectivity index (χ0n) is 14.7. The third-order valence-corrected chi connectivity index (χ3v) is 3.33. The standard InChI is InChI=1S/C17H24N4O3/c1-17(2,3)14-9-19-15(24-14)10-20-16(18)21-11-6-7-12(22-4)13(8-11)23-5/h6-9H,10H2,1-5H3,(H3,18,20,21). The van der Waals surface area contributed by atoms with Crippen molar-refractivity contribution in [3.05, 3.63) is 36.0 Å². The lowest BCUT2D eigenvalue weighted by molar-refractivity contribution is 0.355. The molecule has 0 atom stereocenters. The summed E-state index contributed by atoms with van der Waals surface area (Å²) in [5.41, 5.74) is 6.57. The van der Waals surface area contributed by atoms with Gasteiger partial charge >= 0.3 is 0 Å². The van der Waals surface area contributed by atoms with Crippen LogP contribution in [0.4, 0.5) is 5.69 Å². The highest BCUT2D eigenvalue weighted by Gasteiger charge is 2.18. The Morgan fingerprint density at radius 1 is 1.25 bits per heavy atom. The van der Waals surface area contributed by atoms with Gasteiger partial charge < -0.3 is 24.9 Å². The van der Waals surface area contributed by atoms with Crippen LogP contribution in [-0.2, 0) is 12.0 Å². The third kappa shape index (κ3) is 4.41. The quantitative estimate of drug-likeness (QED) is 0.646. The Balaban J connectivity index is 2.03. The maximum Gasteiger partial charge on any atom is 0.216 e. The van der Waals surface area contributed by atoms with Gasteiger partial charge in [0.15, 0.2) is 17.5 Å². The molecule has 3 N–H and O–H groups in total. The van der Waals surface area contributed by atoms with E-state index in [9.17, 15) is 0 Å². The molecule has 7 nitrogen and oxygen atoms in total. The number of rotatable bonds is 5. The number of nitrogens with two attached hydrogens (primary N) is 1. The van der Waals surface area contributed by atoms with Crippen molar-refractivity contribution in [2.45, 2.75) is 32.7 Å². The zero-order chi connectivity index (χ0) is 17.7. The number of ether oxygens (including phenoxy) is 2. The predicted octanol–water partition coefficient (Wildman–Crippen LogP) is 2.92. The fraction of sp³-hybridized carbons (Fsp3) is 0.412.